The van der Waals surface area contributed by atoms with Gasteiger partial charge in [0.15, 0.2) is 0 Å². The highest BCUT2D eigenvalue weighted by Gasteiger charge is 2.30. The van der Waals surface area contributed by atoms with E-state index in [-0.39, 0.29) is 5.91 Å². The lowest BCUT2D eigenvalue weighted by atomic mass is 9.90. The number of halogens is 1. The number of carbonyl (C=O) groups is 1. The summed E-state index contributed by atoms with van der Waals surface area (Å²) in [5.74, 6) is 0.112. The second kappa shape index (κ2) is 6.00. The molecule has 0 radical (unpaired) electrons. The maximum Gasteiger partial charge on any atom is 0.257 e. The first-order chi connectivity index (χ1) is 9.81. The second-order valence-corrected chi connectivity index (χ2v) is 6.06. The zero-order chi connectivity index (χ0) is 13.9. The van der Waals surface area contributed by atoms with Gasteiger partial charge in [0.2, 0.25) is 0 Å². The van der Waals surface area contributed by atoms with Crippen LogP contribution in [0.4, 0.5) is 0 Å². The number of furan rings is 1. The van der Waals surface area contributed by atoms with E-state index < -0.39 is 0 Å². The molecule has 1 aliphatic carbocycles. The topological polar surface area (TPSA) is 33.5 Å². The molecule has 1 heterocycles. The standard InChI is InChI=1S/C16H18BrNO2/c17-9-4-10-18(12-5-3-6-12)16(19)14-11-20-15-8-2-1-7-13(14)15/h1-2,7-8,11-12H,3-6,9-10H2. The fourth-order valence-electron chi connectivity index (χ4n) is 2.68. The molecule has 0 spiro atoms. The molecule has 1 amide bonds. The zero-order valence-electron chi connectivity index (χ0n) is 11.3. The molecule has 0 saturated heterocycles. The smallest absolute Gasteiger partial charge is 0.257 e. The molecule has 4 heteroatoms. The molecule has 0 atom stereocenters. The Bertz CT molecular complexity index is 603. The van der Waals surface area contributed by atoms with Crippen LogP contribution in [0.5, 0.6) is 0 Å². The zero-order valence-corrected chi connectivity index (χ0v) is 12.9. The molecule has 0 bridgehead atoms. The third kappa shape index (κ3) is 2.49. The van der Waals surface area contributed by atoms with E-state index in [9.17, 15) is 4.79 Å². The maximum atomic E-state index is 12.8. The van der Waals surface area contributed by atoms with Gasteiger partial charge in [0, 0.05) is 23.3 Å². The number of alkyl halides is 1. The number of carbonyl (C=O) groups excluding carboxylic acids is 1. The molecule has 3 nitrogen and oxygen atoms in total. The summed E-state index contributed by atoms with van der Waals surface area (Å²) in [5, 5.41) is 1.84. The van der Waals surface area contributed by atoms with Crippen LogP contribution in [0.25, 0.3) is 11.0 Å². The van der Waals surface area contributed by atoms with Crippen molar-refractivity contribution < 1.29 is 9.21 Å². The quantitative estimate of drug-likeness (QED) is 0.766. The number of nitrogens with zero attached hydrogens (tertiary/aromatic N) is 1. The van der Waals surface area contributed by atoms with Gasteiger partial charge < -0.3 is 9.32 Å². The minimum Gasteiger partial charge on any atom is -0.463 e. The average Bonchev–Trinajstić information content (AvgIpc) is 2.84. The second-order valence-electron chi connectivity index (χ2n) is 5.27. The Morgan fingerprint density at radius 1 is 1.35 bits per heavy atom. The van der Waals surface area contributed by atoms with Crippen molar-refractivity contribution in [3.63, 3.8) is 0 Å². The normalized spacial score (nSPS) is 15.2. The van der Waals surface area contributed by atoms with Crippen molar-refractivity contribution in [1.82, 2.24) is 4.90 Å². The number of benzene rings is 1. The fraction of sp³-hybridized carbons (Fsp3) is 0.438. The first-order valence-electron chi connectivity index (χ1n) is 7.14. The van der Waals surface area contributed by atoms with Crippen molar-refractivity contribution in [2.24, 2.45) is 0 Å². The molecule has 0 unspecified atom stereocenters. The molecule has 2 aromatic rings. The van der Waals surface area contributed by atoms with Crippen molar-refractivity contribution in [3.8, 4) is 0 Å². The molecule has 1 fully saturated rings. The maximum absolute atomic E-state index is 12.8. The molecule has 1 aliphatic rings. The lowest BCUT2D eigenvalue weighted by Gasteiger charge is -2.37. The summed E-state index contributed by atoms with van der Waals surface area (Å²) in [4.78, 5) is 14.8. The van der Waals surface area contributed by atoms with Gasteiger partial charge in [-0.15, -0.1) is 0 Å². The third-order valence-electron chi connectivity index (χ3n) is 4.02. The van der Waals surface area contributed by atoms with E-state index in [0.717, 1.165) is 42.1 Å². The molecule has 1 aromatic heterocycles. The van der Waals surface area contributed by atoms with Crippen LogP contribution >= 0.6 is 15.9 Å². The molecule has 0 aliphatic heterocycles. The molecule has 1 aromatic carbocycles. The van der Waals surface area contributed by atoms with Crippen LogP contribution in [-0.2, 0) is 0 Å². The van der Waals surface area contributed by atoms with Crippen molar-refractivity contribution >= 4 is 32.8 Å². The van der Waals surface area contributed by atoms with Crippen LogP contribution in [0.1, 0.15) is 36.0 Å². The van der Waals surface area contributed by atoms with Gasteiger partial charge in [-0.25, -0.2) is 0 Å². The minimum atomic E-state index is 0.112. The van der Waals surface area contributed by atoms with Crippen molar-refractivity contribution in [1.29, 1.82) is 0 Å². The number of fused-ring (bicyclic) bond motifs is 1. The fourth-order valence-corrected chi connectivity index (χ4v) is 2.93. The van der Waals surface area contributed by atoms with Gasteiger partial charge >= 0.3 is 0 Å². The molecular weight excluding hydrogens is 318 g/mol. The van der Waals surface area contributed by atoms with E-state index in [1.54, 1.807) is 6.26 Å². The van der Waals surface area contributed by atoms with E-state index in [1.807, 2.05) is 29.2 Å². The Kier molecular flexibility index (Phi) is 4.10. The molecule has 0 N–H and O–H groups in total. The van der Waals surface area contributed by atoms with E-state index in [1.165, 1.54) is 6.42 Å². The third-order valence-corrected chi connectivity index (χ3v) is 4.58. The van der Waals surface area contributed by atoms with Crippen LogP contribution in [0, 0.1) is 0 Å². The first kappa shape index (κ1) is 13.7. The highest BCUT2D eigenvalue weighted by molar-refractivity contribution is 9.09. The lowest BCUT2D eigenvalue weighted by molar-refractivity contribution is 0.0582. The Labute approximate surface area is 127 Å². The monoisotopic (exact) mass is 335 g/mol. The van der Waals surface area contributed by atoms with E-state index in [4.69, 9.17) is 4.42 Å². The number of rotatable bonds is 5. The van der Waals surface area contributed by atoms with Gasteiger partial charge in [-0.3, -0.25) is 4.79 Å². The summed E-state index contributed by atoms with van der Waals surface area (Å²) < 4.78 is 5.50. The van der Waals surface area contributed by atoms with E-state index >= 15 is 0 Å². The average molecular weight is 336 g/mol. The number of amides is 1. The summed E-state index contributed by atoms with van der Waals surface area (Å²) in [6.07, 6.45) is 6.08. The number of hydrogen-bond donors (Lipinski definition) is 0. The van der Waals surface area contributed by atoms with Gasteiger partial charge in [-0.2, -0.15) is 0 Å². The minimum absolute atomic E-state index is 0.112. The summed E-state index contributed by atoms with van der Waals surface area (Å²) in [6, 6.07) is 8.14. The molecule has 1 saturated carbocycles. The Hall–Kier alpha value is -1.29. The van der Waals surface area contributed by atoms with E-state index in [0.29, 0.717) is 11.6 Å². The van der Waals surface area contributed by atoms with Gasteiger partial charge in [0.25, 0.3) is 5.91 Å². The van der Waals surface area contributed by atoms with Gasteiger partial charge in [0.1, 0.15) is 11.8 Å². The Morgan fingerprint density at radius 3 is 2.85 bits per heavy atom. The summed E-state index contributed by atoms with van der Waals surface area (Å²) in [6.45, 7) is 0.814. The van der Waals surface area contributed by atoms with Gasteiger partial charge in [0.05, 0.1) is 5.56 Å². The Morgan fingerprint density at radius 2 is 2.15 bits per heavy atom. The number of para-hydroxylation sites is 1. The predicted molar refractivity (Wildman–Crippen MR) is 83.3 cm³/mol. The van der Waals surface area contributed by atoms with Crippen LogP contribution in [0.3, 0.4) is 0 Å². The van der Waals surface area contributed by atoms with Crippen LogP contribution in [-0.4, -0.2) is 28.7 Å². The summed E-state index contributed by atoms with van der Waals surface area (Å²) in [7, 11) is 0. The highest BCUT2D eigenvalue weighted by atomic mass is 79.9. The number of hydrogen-bond acceptors (Lipinski definition) is 2. The largest absolute Gasteiger partial charge is 0.463 e. The SMILES string of the molecule is O=C(c1coc2ccccc12)N(CCCBr)C1CCC1. The first-order valence-corrected chi connectivity index (χ1v) is 8.26. The predicted octanol–water partition coefficient (Wildman–Crippen LogP) is 4.21. The van der Waals surface area contributed by atoms with Crippen LogP contribution in [0.15, 0.2) is 34.9 Å². The molecular formula is C16H18BrNO2. The Balaban J connectivity index is 1.88. The van der Waals surface area contributed by atoms with Crippen LogP contribution in [0.2, 0.25) is 0 Å². The lowest BCUT2D eigenvalue weighted by Crippen LogP contribution is -2.44. The van der Waals surface area contributed by atoms with Gasteiger partial charge in [-0.1, -0.05) is 34.1 Å². The highest BCUT2D eigenvalue weighted by Crippen LogP contribution is 2.29. The molecule has 106 valence electrons. The summed E-state index contributed by atoms with van der Waals surface area (Å²) >= 11 is 3.45. The molecule has 20 heavy (non-hydrogen) atoms. The van der Waals surface area contributed by atoms with Crippen molar-refractivity contribution in [2.75, 3.05) is 11.9 Å². The van der Waals surface area contributed by atoms with E-state index in [2.05, 4.69) is 15.9 Å². The van der Waals surface area contributed by atoms with Crippen molar-refractivity contribution in [3.05, 3.63) is 36.1 Å². The summed E-state index contributed by atoms with van der Waals surface area (Å²) in [5.41, 5.74) is 1.48. The van der Waals surface area contributed by atoms with Crippen molar-refractivity contribution in [2.45, 2.75) is 31.7 Å². The van der Waals surface area contributed by atoms with Crippen LogP contribution < -0.4 is 0 Å². The molecule has 3 rings (SSSR count). The van der Waals surface area contributed by atoms with Gasteiger partial charge in [-0.05, 0) is 31.7 Å².